The number of methoxy groups -OCH3 is 1. The smallest absolute Gasteiger partial charge is 0.119 e. The molecule has 3 N–H and O–H groups in total. The van der Waals surface area contributed by atoms with E-state index in [1.165, 1.54) is 5.56 Å². The van der Waals surface area contributed by atoms with Crippen molar-refractivity contribution in [2.24, 2.45) is 5.73 Å². The van der Waals surface area contributed by atoms with Crippen LogP contribution in [0.5, 0.6) is 5.75 Å². The Balaban J connectivity index is 2.52. The van der Waals surface area contributed by atoms with Crippen molar-refractivity contribution in [2.45, 2.75) is 19.4 Å². The largest absolute Gasteiger partial charge is 0.497 e. The molecule has 0 fully saturated rings. The Labute approximate surface area is 91.6 Å². The molecule has 0 unspecified atom stereocenters. The summed E-state index contributed by atoms with van der Waals surface area (Å²) >= 11 is 0. The lowest BCUT2D eigenvalue weighted by atomic mass is 10.1. The summed E-state index contributed by atoms with van der Waals surface area (Å²) in [5.74, 6) is 0.903. The van der Waals surface area contributed by atoms with Gasteiger partial charge in [0, 0.05) is 6.04 Å². The first-order valence-corrected chi connectivity index (χ1v) is 5.35. The van der Waals surface area contributed by atoms with Crippen molar-refractivity contribution in [3.8, 4) is 5.75 Å². The summed E-state index contributed by atoms with van der Waals surface area (Å²) in [6.45, 7) is 3.83. The molecule has 0 heterocycles. The van der Waals surface area contributed by atoms with Gasteiger partial charge in [-0.25, -0.2) is 0 Å². The lowest BCUT2D eigenvalue weighted by molar-refractivity contribution is 0.413. The summed E-state index contributed by atoms with van der Waals surface area (Å²) in [6.07, 6.45) is 1.01. The molecule has 0 aliphatic heterocycles. The summed E-state index contributed by atoms with van der Waals surface area (Å²) in [6, 6.07) is 8.46. The summed E-state index contributed by atoms with van der Waals surface area (Å²) in [5, 5.41) is 3.42. The number of ether oxygens (including phenoxy) is 1. The normalized spacial score (nSPS) is 12.5. The minimum absolute atomic E-state index is 0.339. The van der Waals surface area contributed by atoms with Crippen LogP contribution < -0.4 is 15.8 Å². The van der Waals surface area contributed by atoms with Crippen molar-refractivity contribution < 1.29 is 4.74 Å². The van der Waals surface area contributed by atoms with E-state index in [0.29, 0.717) is 6.04 Å². The zero-order valence-corrected chi connectivity index (χ0v) is 9.49. The topological polar surface area (TPSA) is 47.3 Å². The molecule has 84 valence electrons. The fourth-order valence-electron chi connectivity index (χ4n) is 1.45. The first-order valence-electron chi connectivity index (χ1n) is 5.35. The Bertz CT molecular complexity index is 289. The van der Waals surface area contributed by atoms with Gasteiger partial charge < -0.3 is 15.8 Å². The maximum Gasteiger partial charge on any atom is 0.119 e. The Morgan fingerprint density at radius 3 is 2.93 bits per heavy atom. The average Bonchev–Trinajstić information content (AvgIpc) is 2.29. The molecule has 0 saturated heterocycles. The van der Waals surface area contributed by atoms with Crippen LogP contribution in [0.15, 0.2) is 24.3 Å². The standard InChI is InChI=1S/C12H20N2O/c1-10(14-8-4-7-13)11-5-3-6-12(9-11)15-2/h3,5-6,9-10,14H,4,7-8,13H2,1-2H3/t10-/m0/s1. The van der Waals surface area contributed by atoms with Crippen LogP contribution in [-0.4, -0.2) is 20.2 Å². The molecule has 1 aromatic carbocycles. The van der Waals surface area contributed by atoms with E-state index in [4.69, 9.17) is 10.5 Å². The quantitative estimate of drug-likeness (QED) is 0.699. The Hall–Kier alpha value is -1.06. The van der Waals surface area contributed by atoms with Gasteiger partial charge in [0.05, 0.1) is 7.11 Å². The molecule has 0 amide bonds. The second-order valence-corrected chi connectivity index (χ2v) is 3.59. The molecule has 3 heteroatoms. The van der Waals surface area contributed by atoms with E-state index >= 15 is 0 Å². The molecule has 0 aliphatic rings. The number of nitrogens with one attached hydrogen (secondary N) is 1. The molecule has 1 aromatic rings. The monoisotopic (exact) mass is 208 g/mol. The van der Waals surface area contributed by atoms with Crippen molar-refractivity contribution in [3.63, 3.8) is 0 Å². The highest BCUT2D eigenvalue weighted by molar-refractivity contribution is 5.30. The lowest BCUT2D eigenvalue weighted by Gasteiger charge is -2.14. The van der Waals surface area contributed by atoms with Crippen LogP contribution in [-0.2, 0) is 0 Å². The van der Waals surface area contributed by atoms with Crippen molar-refractivity contribution in [2.75, 3.05) is 20.2 Å². The first-order chi connectivity index (χ1) is 7.27. The molecule has 0 radical (unpaired) electrons. The fourth-order valence-corrected chi connectivity index (χ4v) is 1.45. The fraction of sp³-hybridized carbons (Fsp3) is 0.500. The molecule has 1 atom stereocenters. The maximum absolute atomic E-state index is 5.44. The number of rotatable bonds is 6. The summed E-state index contributed by atoms with van der Waals surface area (Å²) in [7, 11) is 1.69. The van der Waals surface area contributed by atoms with Crippen LogP contribution in [0.25, 0.3) is 0 Å². The van der Waals surface area contributed by atoms with Gasteiger partial charge in [0.15, 0.2) is 0 Å². The third kappa shape index (κ3) is 3.90. The zero-order chi connectivity index (χ0) is 11.1. The third-order valence-corrected chi connectivity index (χ3v) is 2.43. The second-order valence-electron chi connectivity index (χ2n) is 3.59. The van der Waals surface area contributed by atoms with Gasteiger partial charge in [0.2, 0.25) is 0 Å². The van der Waals surface area contributed by atoms with Crippen LogP contribution in [0, 0.1) is 0 Å². The molecule has 0 saturated carbocycles. The second kappa shape index (κ2) is 6.43. The molecule has 1 rings (SSSR count). The number of hydrogen-bond donors (Lipinski definition) is 2. The molecule has 0 aromatic heterocycles. The van der Waals surface area contributed by atoms with Crippen molar-refractivity contribution in [1.82, 2.24) is 5.32 Å². The van der Waals surface area contributed by atoms with Gasteiger partial charge in [-0.1, -0.05) is 12.1 Å². The minimum atomic E-state index is 0.339. The molecule has 15 heavy (non-hydrogen) atoms. The zero-order valence-electron chi connectivity index (χ0n) is 9.49. The van der Waals surface area contributed by atoms with E-state index in [-0.39, 0.29) is 0 Å². The van der Waals surface area contributed by atoms with E-state index in [1.54, 1.807) is 7.11 Å². The Morgan fingerprint density at radius 2 is 2.27 bits per heavy atom. The van der Waals surface area contributed by atoms with Crippen LogP contribution in [0.3, 0.4) is 0 Å². The third-order valence-electron chi connectivity index (χ3n) is 2.43. The van der Waals surface area contributed by atoms with E-state index in [2.05, 4.69) is 24.4 Å². The van der Waals surface area contributed by atoms with Crippen LogP contribution in [0.1, 0.15) is 24.9 Å². The number of benzene rings is 1. The highest BCUT2D eigenvalue weighted by Crippen LogP contribution is 2.18. The minimum Gasteiger partial charge on any atom is -0.497 e. The van der Waals surface area contributed by atoms with Gasteiger partial charge in [0.1, 0.15) is 5.75 Å². The van der Waals surface area contributed by atoms with Crippen molar-refractivity contribution in [3.05, 3.63) is 29.8 Å². The highest BCUT2D eigenvalue weighted by Gasteiger charge is 2.04. The number of nitrogens with two attached hydrogens (primary N) is 1. The van der Waals surface area contributed by atoms with Crippen LogP contribution in [0.4, 0.5) is 0 Å². The molecule has 3 nitrogen and oxygen atoms in total. The summed E-state index contributed by atoms with van der Waals surface area (Å²) in [5.41, 5.74) is 6.68. The molecular formula is C12H20N2O. The summed E-state index contributed by atoms with van der Waals surface area (Å²) < 4.78 is 5.18. The van der Waals surface area contributed by atoms with Crippen LogP contribution >= 0.6 is 0 Å². The van der Waals surface area contributed by atoms with E-state index in [0.717, 1.165) is 25.3 Å². The van der Waals surface area contributed by atoms with Crippen molar-refractivity contribution >= 4 is 0 Å². The van der Waals surface area contributed by atoms with Gasteiger partial charge in [-0.15, -0.1) is 0 Å². The van der Waals surface area contributed by atoms with Crippen molar-refractivity contribution in [1.29, 1.82) is 0 Å². The van der Waals surface area contributed by atoms with Gasteiger partial charge in [-0.2, -0.15) is 0 Å². The first kappa shape index (κ1) is 12.0. The van der Waals surface area contributed by atoms with Gasteiger partial charge in [-0.05, 0) is 44.1 Å². The summed E-state index contributed by atoms with van der Waals surface area (Å²) in [4.78, 5) is 0. The lowest BCUT2D eigenvalue weighted by Crippen LogP contribution is -2.21. The average molecular weight is 208 g/mol. The molecular weight excluding hydrogens is 188 g/mol. The van der Waals surface area contributed by atoms with Gasteiger partial charge >= 0.3 is 0 Å². The molecule has 0 aliphatic carbocycles. The van der Waals surface area contributed by atoms with Gasteiger partial charge in [0.25, 0.3) is 0 Å². The van der Waals surface area contributed by atoms with E-state index < -0.39 is 0 Å². The predicted octanol–water partition coefficient (Wildman–Crippen LogP) is 1.69. The number of hydrogen-bond acceptors (Lipinski definition) is 3. The highest BCUT2D eigenvalue weighted by atomic mass is 16.5. The maximum atomic E-state index is 5.44. The van der Waals surface area contributed by atoms with E-state index in [1.807, 2.05) is 12.1 Å². The SMILES string of the molecule is COc1cccc([C@H](C)NCCCN)c1. The molecule has 0 bridgehead atoms. The predicted molar refractivity (Wildman–Crippen MR) is 63.1 cm³/mol. The van der Waals surface area contributed by atoms with Crippen LogP contribution in [0.2, 0.25) is 0 Å². The molecule has 0 spiro atoms. The Kier molecular flexibility index (Phi) is 5.15. The Morgan fingerprint density at radius 1 is 1.47 bits per heavy atom. The van der Waals surface area contributed by atoms with E-state index in [9.17, 15) is 0 Å². The van der Waals surface area contributed by atoms with Gasteiger partial charge in [-0.3, -0.25) is 0 Å².